The van der Waals surface area contributed by atoms with Crippen LogP contribution in [0.4, 0.5) is 11.4 Å². The fourth-order valence-corrected chi connectivity index (χ4v) is 2.70. The highest BCUT2D eigenvalue weighted by Gasteiger charge is 2.35. The van der Waals surface area contributed by atoms with Gasteiger partial charge in [0, 0.05) is 41.2 Å². The van der Waals surface area contributed by atoms with Gasteiger partial charge in [-0.15, -0.1) is 0 Å². The zero-order valence-corrected chi connectivity index (χ0v) is 13.3. The molecule has 0 saturated carbocycles. The van der Waals surface area contributed by atoms with Crippen LogP contribution in [0.2, 0.25) is 0 Å². The molecule has 0 bridgehead atoms. The second-order valence-corrected chi connectivity index (χ2v) is 6.02. The summed E-state index contributed by atoms with van der Waals surface area (Å²) in [6.07, 6.45) is 3.46. The van der Waals surface area contributed by atoms with Gasteiger partial charge in [-0.25, -0.2) is 0 Å². The first-order valence-electron chi connectivity index (χ1n) is 6.90. The van der Waals surface area contributed by atoms with Gasteiger partial charge >= 0.3 is 0 Å². The molecular weight excluding hydrogens is 346 g/mol. The molecule has 2 aromatic rings. The third kappa shape index (κ3) is 3.17. The molecule has 112 valence electrons. The third-order valence-corrected chi connectivity index (χ3v) is 4.11. The molecule has 0 aliphatic carbocycles. The number of hydrogen-bond acceptors (Lipinski definition) is 3. The molecule has 3 rings (SSSR count). The molecule has 0 spiro atoms. The number of rotatable bonds is 3. The minimum absolute atomic E-state index is 0.0304. The standard InChI is InChI=1S/C16H14BrN3O2/c17-12-1-3-14(4-2-12)20-10-11(9-15(20)21)16(22)19-13-5-7-18-8-6-13/h1-8,11H,9-10H2,(H,18,19,22). The van der Waals surface area contributed by atoms with Crippen molar-refractivity contribution in [1.29, 1.82) is 0 Å². The van der Waals surface area contributed by atoms with Crippen molar-refractivity contribution in [1.82, 2.24) is 4.98 Å². The van der Waals surface area contributed by atoms with Crippen LogP contribution in [0.15, 0.2) is 53.3 Å². The van der Waals surface area contributed by atoms with Crippen molar-refractivity contribution in [3.63, 3.8) is 0 Å². The van der Waals surface area contributed by atoms with Gasteiger partial charge in [0.2, 0.25) is 11.8 Å². The van der Waals surface area contributed by atoms with Crippen LogP contribution in [0.1, 0.15) is 6.42 Å². The van der Waals surface area contributed by atoms with Crippen LogP contribution in [0.25, 0.3) is 0 Å². The maximum Gasteiger partial charge on any atom is 0.229 e. The minimum Gasteiger partial charge on any atom is -0.326 e. The molecule has 1 saturated heterocycles. The van der Waals surface area contributed by atoms with Crippen molar-refractivity contribution >= 4 is 39.1 Å². The van der Waals surface area contributed by atoms with Gasteiger partial charge in [0.25, 0.3) is 0 Å². The van der Waals surface area contributed by atoms with E-state index in [0.717, 1.165) is 10.2 Å². The van der Waals surface area contributed by atoms with E-state index in [1.807, 2.05) is 24.3 Å². The molecule has 0 radical (unpaired) electrons. The number of benzene rings is 1. The smallest absolute Gasteiger partial charge is 0.229 e. The molecule has 1 atom stereocenters. The topological polar surface area (TPSA) is 62.3 Å². The van der Waals surface area contributed by atoms with Crippen LogP contribution in [-0.2, 0) is 9.59 Å². The van der Waals surface area contributed by atoms with Crippen molar-refractivity contribution in [2.45, 2.75) is 6.42 Å². The lowest BCUT2D eigenvalue weighted by atomic mass is 10.1. The predicted octanol–water partition coefficient (Wildman–Crippen LogP) is 2.84. The predicted molar refractivity (Wildman–Crippen MR) is 87.5 cm³/mol. The second-order valence-electron chi connectivity index (χ2n) is 5.11. The molecule has 1 N–H and O–H groups in total. The maximum atomic E-state index is 12.3. The van der Waals surface area contributed by atoms with Gasteiger partial charge in [-0.1, -0.05) is 15.9 Å². The molecule has 1 aliphatic heterocycles. The van der Waals surface area contributed by atoms with Gasteiger partial charge in [0.15, 0.2) is 0 Å². The zero-order chi connectivity index (χ0) is 15.5. The van der Waals surface area contributed by atoms with Crippen molar-refractivity contribution in [3.8, 4) is 0 Å². The Bertz CT molecular complexity index is 688. The van der Waals surface area contributed by atoms with E-state index in [1.54, 1.807) is 29.4 Å². The molecule has 1 unspecified atom stereocenters. The first-order chi connectivity index (χ1) is 10.6. The Kier molecular flexibility index (Phi) is 4.20. The number of nitrogens with zero attached hydrogens (tertiary/aromatic N) is 2. The molecule has 1 aromatic heterocycles. The molecule has 5 nitrogen and oxygen atoms in total. The summed E-state index contributed by atoms with van der Waals surface area (Å²) in [7, 11) is 0. The zero-order valence-electron chi connectivity index (χ0n) is 11.7. The summed E-state index contributed by atoms with van der Waals surface area (Å²) in [6.45, 7) is 0.400. The molecule has 1 fully saturated rings. The number of halogens is 1. The number of pyridine rings is 1. The largest absolute Gasteiger partial charge is 0.326 e. The molecule has 1 aliphatic rings. The third-order valence-electron chi connectivity index (χ3n) is 3.58. The number of nitrogens with one attached hydrogen (secondary N) is 1. The van der Waals surface area contributed by atoms with Gasteiger partial charge in [0.1, 0.15) is 0 Å². The van der Waals surface area contributed by atoms with Gasteiger partial charge in [-0.05, 0) is 36.4 Å². The average Bonchev–Trinajstić information content (AvgIpc) is 2.91. The molecule has 2 heterocycles. The number of hydrogen-bond donors (Lipinski definition) is 1. The second kappa shape index (κ2) is 6.27. The molecule has 6 heteroatoms. The summed E-state index contributed by atoms with van der Waals surface area (Å²) in [5, 5.41) is 2.82. The minimum atomic E-state index is -0.343. The number of carbonyl (C=O) groups excluding carboxylic acids is 2. The summed E-state index contributed by atoms with van der Waals surface area (Å²) >= 11 is 3.37. The van der Waals surface area contributed by atoms with Crippen molar-refractivity contribution in [2.24, 2.45) is 5.92 Å². The Hall–Kier alpha value is -2.21. The quantitative estimate of drug-likeness (QED) is 0.916. The molecule has 2 amide bonds. The Morgan fingerprint density at radius 1 is 1.18 bits per heavy atom. The van der Waals surface area contributed by atoms with Crippen LogP contribution in [0, 0.1) is 5.92 Å². The van der Waals surface area contributed by atoms with E-state index in [4.69, 9.17) is 0 Å². The van der Waals surface area contributed by atoms with E-state index in [1.165, 1.54) is 0 Å². The first-order valence-corrected chi connectivity index (χ1v) is 7.69. The van der Waals surface area contributed by atoms with Crippen molar-refractivity contribution in [3.05, 3.63) is 53.3 Å². The Morgan fingerprint density at radius 2 is 1.86 bits per heavy atom. The lowest BCUT2D eigenvalue weighted by Crippen LogP contribution is -2.28. The van der Waals surface area contributed by atoms with E-state index in [0.29, 0.717) is 12.2 Å². The van der Waals surface area contributed by atoms with Crippen molar-refractivity contribution in [2.75, 3.05) is 16.8 Å². The summed E-state index contributed by atoms with van der Waals surface area (Å²) in [4.78, 5) is 30.0. The maximum absolute atomic E-state index is 12.3. The summed E-state index contributed by atoms with van der Waals surface area (Å²) in [5.74, 6) is -0.513. The Balaban J connectivity index is 1.69. The molecule has 22 heavy (non-hydrogen) atoms. The summed E-state index contributed by atoms with van der Waals surface area (Å²) in [5.41, 5.74) is 1.50. The number of anilines is 2. The lowest BCUT2D eigenvalue weighted by Gasteiger charge is -2.16. The van der Waals surface area contributed by atoms with Gasteiger partial charge in [-0.3, -0.25) is 14.6 Å². The van der Waals surface area contributed by atoms with E-state index >= 15 is 0 Å². The monoisotopic (exact) mass is 359 g/mol. The van der Waals surface area contributed by atoms with Crippen molar-refractivity contribution < 1.29 is 9.59 Å². The summed E-state index contributed by atoms with van der Waals surface area (Å²) in [6, 6.07) is 10.9. The van der Waals surface area contributed by atoms with E-state index in [2.05, 4.69) is 26.2 Å². The fraction of sp³-hybridized carbons (Fsp3) is 0.188. The van der Waals surface area contributed by atoms with Crippen LogP contribution >= 0.6 is 15.9 Å². The highest BCUT2D eigenvalue weighted by molar-refractivity contribution is 9.10. The first kappa shape index (κ1) is 14.7. The molecular formula is C16H14BrN3O2. The van der Waals surface area contributed by atoms with Gasteiger partial charge in [0.05, 0.1) is 5.92 Å². The van der Waals surface area contributed by atoms with E-state index < -0.39 is 0 Å². The van der Waals surface area contributed by atoms with Crippen LogP contribution in [0.5, 0.6) is 0 Å². The Labute approximate surface area is 136 Å². The van der Waals surface area contributed by atoms with Crippen LogP contribution < -0.4 is 10.2 Å². The van der Waals surface area contributed by atoms with Gasteiger partial charge < -0.3 is 10.2 Å². The molecule has 1 aromatic carbocycles. The fourth-order valence-electron chi connectivity index (χ4n) is 2.43. The van der Waals surface area contributed by atoms with E-state index in [9.17, 15) is 9.59 Å². The van der Waals surface area contributed by atoms with Gasteiger partial charge in [-0.2, -0.15) is 0 Å². The highest BCUT2D eigenvalue weighted by Crippen LogP contribution is 2.27. The SMILES string of the molecule is O=C(Nc1ccncc1)C1CC(=O)N(c2ccc(Br)cc2)C1. The van der Waals surface area contributed by atoms with Crippen LogP contribution in [0.3, 0.4) is 0 Å². The highest BCUT2D eigenvalue weighted by atomic mass is 79.9. The normalized spacial score (nSPS) is 17.6. The number of carbonyl (C=O) groups is 2. The Morgan fingerprint density at radius 3 is 2.55 bits per heavy atom. The number of amides is 2. The number of aromatic nitrogens is 1. The average molecular weight is 360 g/mol. The lowest BCUT2D eigenvalue weighted by molar-refractivity contribution is -0.122. The van der Waals surface area contributed by atoms with Crippen LogP contribution in [-0.4, -0.2) is 23.3 Å². The summed E-state index contributed by atoms with van der Waals surface area (Å²) < 4.78 is 0.954. The van der Waals surface area contributed by atoms with E-state index in [-0.39, 0.29) is 24.2 Å².